The number of nitrogens with one attached hydrogen (secondary N) is 1. The van der Waals surface area contributed by atoms with Gasteiger partial charge in [0.25, 0.3) is 0 Å². The van der Waals surface area contributed by atoms with Gasteiger partial charge in [0.2, 0.25) is 0 Å². The molecule has 0 spiro atoms. The van der Waals surface area contributed by atoms with Crippen LogP contribution in [0.3, 0.4) is 0 Å². The molecule has 28 heavy (non-hydrogen) atoms. The second-order valence-corrected chi connectivity index (χ2v) is 9.05. The van der Waals surface area contributed by atoms with Gasteiger partial charge in [0.1, 0.15) is 5.65 Å². The molecule has 148 valence electrons. The molecule has 0 bridgehead atoms. The van der Waals surface area contributed by atoms with Gasteiger partial charge in [0.15, 0.2) is 0 Å². The van der Waals surface area contributed by atoms with E-state index in [0.717, 1.165) is 44.1 Å². The summed E-state index contributed by atoms with van der Waals surface area (Å²) < 4.78 is 2.29. The lowest BCUT2D eigenvalue weighted by Gasteiger charge is -2.21. The Labute approximate surface area is 168 Å². The zero-order valence-electron chi connectivity index (χ0n) is 17.6. The molecule has 0 aliphatic carbocycles. The van der Waals surface area contributed by atoms with E-state index < -0.39 is 0 Å². The second-order valence-electron chi connectivity index (χ2n) is 9.05. The number of rotatable bonds is 3. The van der Waals surface area contributed by atoms with E-state index in [0.29, 0.717) is 0 Å². The van der Waals surface area contributed by atoms with Crippen molar-refractivity contribution in [3.63, 3.8) is 0 Å². The van der Waals surface area contributed by atoms with Crippen LogP contribution < -0.4 is 5.32 Å². The number of hydrogen-bond donors (Lipinski definition) is 1. The van der Waals surface area contributed by atoms with Crippen LogP contribution in [0.15, 0.2) is 42.6 Å². The number of aryl methyl sites for hydroxylation is 1. The largest absolute Gasteiger partial charge is 0.315 e. The first-order chi connectivity index (χ1) is 13.4. The standard InChI is InChI=1S/C24H32N4/c1-18-6-11-22-26-23(19-7-9-20(10-8-19)24(2,3)4)21(28(22)16-18)17-27-14-5-12-25-13-15-27/h6-11,16,25H,5,12-15,17H2,1-4H3. The lowest BCUT2D eigenvalue weighted by molar-refractivity contribution is 0.281. The molecule has 1 aromatic carbocycles. The van der Waals surface area contributed by atoms with Crippen molar-refractivity contribution in [2.45, 2.75) is 46.1 Å². The van der Waals surface area contributed by atoms with E-state index in [9.17, 15) is 0 Å². The van der Waals surface area contributed by atoms with Crippen LogP contribution in [0.5, 0.6) is 0 Å². The molecule has 3 heterocycles. The van der Waals surface area contributed by atoms with Gasteiger partial charge in [-0.3, -0.25) is 4.90 Å². The van der Waals surface area contributed by atoms with Crippen LogP contribution >= 0.6 is 0 Å². The van der Waals surface area contributed by atoms with Gasteiger partial charge in [0.05, 0.1) is 11.4 Å². The summed E-state index contributed by atoms with van der Waals surface area (Å²) in [4.78, 5) is 7.58. The number of pyridine rings is 1. The van der Waals surface area contributed by atoms with E-state index in [1.165, 1.54) is 28.8 Å². The molecule has 1 N–H and O–H groups in total. The molecular formula is C24H32N4. The maximum absolute atomic E-state index is 5.03. The number of hydrogen-bond acceptors (Lipinski definition) is 3. The summed E-state index contributed by atoms with van der Waals surface area (Å²) in [7, 11) is 0. The fourth-order valence-corrected chi connectivity index (χ4v) is 3.98. The molecule has 0 unspecified atom stereocenters. The highest BCUT2D eigenvalue weighted by molar-refractivity contribution is 5.67. The van der Waals surface area contributed by atoms with Crippen LogP contribution in [-0.4, -0.2) is 40.5 Å². The van der Waals surface area contributed by atoms with Crippen LogP contribution in [0, 0.1) is 6.92 Å². The van der Waals surface area contributed by atoms with E-state index >= 15 is 0 Å². The molecule has 0 atom stereocenters. The molecule has 0 saturated carbocycles. The van der Waals surface area contributed by atoms with E-state index in [1.54, 1.807) is 0 Å². The quantitative estimate of drug-likeness (QED) is 0.735. The average Bonchev–Trinajstić information content (AvgIpc) is 2.83. The Hall–Kier alpha value is -2.17. The minimum Gasteiger partial charge on any atom is -0.315 e. The lowest BCUT2D eigenvalue weighted by Crippen LogP contribution is -2.28. The molecule has 4 nitrogen and oxygen atoms in total. The Kier molecular flexibility index (Phi) is 5.26. The van der Waals surface area contributed by atoms with Crippen LogP contribution in [0.4, 0.5) is 0 Å². The van der Waals surface area contributed by atoms with Crippen molar-refractivity contribution in [1.29, 1.82) is 0 Å². The Bertz CT molecular complexity index is 939. The zero-order chi connectivity index (χ0) is 19.7. The predicted octanol–water partition coefficient (Wildman–Crippen LogP) is 4.40. The zero-order valence-corrected chi connectivity index (χ0v) is 17.6. The maximum Gasteiger partial charge on any atom is 0.137 e. The van der Waals surface area contributed by atoms with Gasteiger partial charge in [-0.05, 0) is 49.0 Å². The third-order valence-corrected chi connectivity index (χ3v) is 5.70. The third-order valence-electron chi connectivity index (χ3n) is 5.70. The molecule has 4 heteroatoms. The first kappa shape index (κ1) is 19.2. The monoisotopic (exact) mass is 376 g/mol. The highest BCUT2D eigenvalue weighted by Gasteiger charge is 2.19. The van der Waals surface area contributed by atoms with Gasteiger partial charge < -0.3 is 9.72 Å². The van der Waals surface area contributed by atoms with Crippen molar-refractivity contribution >= 4 is 5.65 Å². The first-order valence-electron chi connectivity index (χ1n) is 10.4. The van der Waals surface area contributed by atoms with Gasteiger partial charge in [-0.2, -0.15) is 0 Å². The SMILES string of the molecule is Cc1ccc2nc(-c3ccc(C(C)(C)C)cc3)c(CN3CCCNCC3)n2c1. The Balaban J connectivity index is 1.76. The summed E-state index contributed by atoms with van der Waals surface area (Å²) in [6.07, 6.45) is 3.42. The summed E-state index contributed by atoms with van der Waals surface area (Å²) in [5, 5.41) is 3.51. The van der Waals surface area contributed by atoms with Crippen molar-refractivity contribution in [3.05, 3.63) is 59.4 Å². The number of imidazole rings is 1. The van der Waals surface area contributed by atoms with Crippen molar-refractivity contribution in [1.82, 2.24) is 19.6 Å². The second kappa shape index (κ2) is 7.69. The molecule has 0 amide bonds. The molecule has 4 rings (SSSR count). The minimum absolute atomic E-state index is 0.163. The predicted molar refractivity (Wildman–Crippen MR) is 117 cm³/mol. The van der Waals surface area contributed by atoms with Gasteiger partial charge in [-0.1, -0.05) is 51.1 Å². The fraction of sp³-hybridized carbons (Fsp3) is 0.458. The van der Waals surface area contributed by atoms with Gasteiger partial charge >= 0.3 is 0 Å². The number of fused-ring (bicyclic) bond motifs is 1. The van der Waals surface area contributed by atoms with E-state index in [1.807, 2.05) is 0 Å². The van der Waals surface area contributed by atoms with Crippen molar-refractivity contribution in [3.8, 4) is 11.3 Å². The molecule has 1 aliphatic heterocycles. The molecule has 1 fully saturated rings. The minimum atomic E-state index is 0.163. The van der Waals surface area contributed by atoms with Gasteiger partial charge in [0, 0.05) is 31.4 Å². The average molecular weight is 377 g/mol. The van der Waals surface area contributed by atoms with Crippen LogP contribution in [0.2, 0.25) is 0 Å². The summed E-state index contributed by atoms with van der Waals surface area (Å²) in [6.45, 7) is 14.3. The maximum atomic E-state index is 5.03. The lowest BCUT2D eigenvalue weighted by atomic mass is 9.86. The number of benzene rings is 1. The van der Waals surface area contributed by atoms with Gasteiger partial charge in [-0.25, -0.2) is 4.98 Å². The van der Waals surface area contributed by atoms with E-state index in [4.69, 9.17) is 4.98 Å². The Morgan fingerprint density at radius 3 is 2.54 bits per heavy atom. The molecule has 1 aliphatic rings. The van der Waals surface area contributed by atoms with Crippen LogP contribution in [0.25, 0.3) is 16.9 Å². The number of aromatic nitrogens is 2. The fourth-order valence-electron chi connectivity index (χ4n) is 3.98. The normalized spacial score (nSPS) is 16.4. The van der Waals surface area contributed by atoms with E-state index in [2.05, 4.69) is 84.9 Å². The van der Waals surface area contributed by atoms with Crippen molar-refractivity contribution < 1.29 is 0 Å². The summed E-state index contributed by atoms with van der Waals surface area (Å²) in [5.74, 6) is 0. The molecular weight excluding hydrogens is 344 g/mol. The molecule has 0 radical (unpaired) electrons. The molecule has 1 saturated heterocycles. The highest BCUT2D eigenvalue weighted by Crippen LogP contribution is 2.29. The van der Waals surface area contributed by atoms with E-state index in [-0.39, 0.29) is 5.41 Å². The topological polar surface area (TPSA) is 32.6 Å². The van der Waals surface area contributed by atoms with Crippen LogP contribution in [-0.2, 0) is 12.0 Å². The smallest absolute Gasteiger partial charge is 0.137 e. The highest BCUT2D eigenvalue weighted by atomic mass is 15.2. The number of nitrogens with zero attached hydrogens (tertiary/aromatic N) is 3. The molecule has 2 aromatic heterocycles. The Morgan fingerprint density at radius 1 is 1.00 bits per heavy atom. The Morgan fingerprint density at radius 2 is 1.79 bits per heavy atom. The van der Waals surface area contributed by atoms with Crippen molar-refractivity contribution in [2.24, 2.45) is 0 Å². The summed E-state index contributed by atoms with van der Waals surface area (Å²) in [6, 6.07) is 13.3. The third kappa shape index (κ3) is 3.98. The summed E-state index contributed by atoms with van der Waals surface area (Å²) in [5.41, 5.74) is 7.43. The van der Waals surface area contributed by atoms with Gasteiger partial charge in [-0.15, -0.1) is 0 Å². The summed E-state index contributed by atoms with van der Waals surface area (Å²) >= 11 is 0. The first-order valence-corrected chi connectivity index (χ1v) is 10.4. The molecule has 3 aromatic rings. The van der Waals surface area contributed by atoms with Crippen molar-refractivity contribution in [2.75, 3.05) is 26.2 Å². The van der Waals surface area contributed by atoms with Crippen LogP contribution in [0.1, 0.15) is 44.0 Å².